The molecule has 1 saturated heterocycles. The van der Waals surface area contributed by atoms with Crippen LogP contribution in [0.4, 0.5) is 14.9 Å². The van der Waals surface area contributed by atoms with Crippen LogP contribution in [-0.4, -0.2) is 33.1 Å². The Kier molecular flexibility index (Phi) is 4.71. The Morgan fingerprint density at radius 1 is 1.28 bits per heavy atom. The summed E-state index contributed by atoms with van der Waals surface area (Å²) < 4.78 is 14.9. The van der Waals surface area contributed by atoms with Crippen LogP contribution in [0.25, 0.3) is 6.08 Å². The first-order chi connectivity index (χ1) is 11.9. The fourth-order valence-corrected chi connectivity index (χ4v) is 3.13. The average molecular weight is 359 g/mol. The van der Waals surface area contributed by atoms with Gasteiger partial charge in [-0.25, -0.2) is 4.39 Å². The summed E-state index contributed by atoms with van der Waals surface area (Å²) in [6.07, 6.45) is 3.43. The van der Waals surface area contributed by atoms with Gasteiger partial charge in [0.25, 0.3) is 11.1 Å². The molecule has 25 heavy (non-hydrogen) atoms. The third-order valence-electron chi connectivity index (χ3n) is 3.55. The van der Waals surface area contributed by atoms with Gasteiger partial charge in [0.05, 0.1) is 4.91 Å². The van der Waals surface area contributed by atoms with E-state index in [9.17, 15) is 18.8 Å². The summed E-state index contributed by atoms with van der Waals surface area (Å²) in [7, 11) is 1.82. The van der Waals surface area contributed by atoms with Gasteiger partial charge in [-0.15, -0.1) is 0 Å². The number of thioether (sulfide) groups is 1. The topological polar surface area (TPSA) is 71.4 Å². The zero-order valence-electron chi connectivity index (χ0n) is 13.2. The van der Waals surface area contributed by atoms with E-state index in [0.717, 1.165) is 28.4 Å². The number of halogens is 1. The Balaban J connectivity index is 1.69. The van der Waals surface area contributed by atoms with Crippen molar-refractivity contribution < 1.29 is 18.8 Å². The maximum Gasteiger partial charge on any atom is 0.294 e. The van der Waals surface area contributed by atoms with Crippen LogP contribution >= 0.6 is 11.8 Å². The van der Waals surface area contributed by atoms with E-state index in [1.165, 1.54) is 18.2 Å². The lowest BCUT2D eigenvalue weighted by molar-refractivity contribution is -0.127. The number of aromatic nitrogens is 1. The molecule has 1 N–H and O–H groups in total. The molecule has 3 amide bonds. The molecule has 1 aromatic carbocycles. The number of amides is 3. The highest BCUT2D eigenvalue weighted by Gasteiger charge is 2.36. The van der Waals surface area contributed by atoms with E-state index in [1.54, 1.807) is 6.08 Å². The fraction of sp³-hybridized carbons (Fsp3) is 0.118. The molecule has 6 nitrogen and oxygen atoms in total. The summed E-state index contributed by atoms with van der Waals surface area (Å²) in [6.45, 7) is -0.425. The first kappa shape index (κ1) is 17.0. The summed E-state index contributed by atoms with van der Waals surface area (Å²) in [5.74, 6) is -1.59. The fourth-order valence-electron chi connectivity index (χ4n) is 2.31. The Bertz CT molecular complexity index is 891. The third kappa shape index (κ3) is 3.80. The average Bonchev–Trinajstić information content (AvgIpc) is 3.06. The summed E-state index contributed by atoms with van der Waals surface area (Å²) in [5, 5.41) is 1.95. The number of carbonyl (C=O) groups excluding carboxylic acids is 3. The number of rotatable bonds is 4. The lowest BCUT2D eigenvalue weighted by atomic mass is 10.3. The molecule has 1 fully saturated rings. The van der Waals surface area contributed by atoms with E-state index in [2.05, 4.69) is 5.32 Å². The molecule has 128 valence electrons. The largest absolute Gasteiger partial charge is 0.351 e. The maximum absolute atomic E-state index is 13.1. The Morgan fingerprint density at radius 2 is 2.08 bits per heavy atom. The molecular weight excluding hydrogens is 345 g/mol. The number of hydrogen-bond donors (Lipinski definition) is 1. The summed E-state index contributed by atoms with van der Waals surface area (Å²) >= 11 is 0.785. The Labute approximate surface area is 147 Å². The number of nitrogens with one attached hydrogen (secondary N) is 1. The van der Waals surface area contributed by atoms with Crippen LogP contribution < -0.4 is 5.32 Å². The van der Waals surface area contributed by atoms with E-state index in [0.29, 0.717) is 0 Å². The molecule has 0 spiro atoms. The molecule has 0 aliphatic carbocycles. The predicted octanol–water partition coefficient (Wildman–Crippen LogP) is 2.84. The first-order valence-electron chi connectivity index (χ1n) is 7.36. The van der Waals surface area contributed by atoms with Crippen molar-refractivity contribution in [2.24, 2.45) is 7.05 Å². The number of hydrogen-bond acceptors (Lipinski definition) is 4. The highest BCUT2D eigenvalue weighted by molar-refractivity contribution is 8.18. The molecule has 1 aromatic heterocycles. The molecule has 0 atom stereocenters. The van der Waals surface area contributed by atoms with Gasteiger partial charge in [-0.1, -0.05) is 6.07 Å². The normalized spacial score (nSPS) is 15.9. The van der Waals surface area contributed by atoms with Gasteiger partial charge in [-0.3, -0.25) is 19.3 Å². The quantitative estimate of drug-likeness (QED) is 0.852. The number of nitrogens with zero attached hydrogens (tertiary/aromatic N) is 2. The van der Waals surface area contributed by atoms with E-state index in [-0.39, 0.29) is 10.6 Å². The molecule has 0 radical (unpaired) electrons. The van der Waals surface area contributed by atoms with Crippen molar-refractivity contribution in [2.75, 3.05) is 11.9 Å². The van der Waals surface area contributed by atoms with Gasteiger partial charge >= 0.3 is 0 Å². The van der Waals surface area contributed by atoms with Crippen LogP contribution in [0.15, 0.2) is 47.5 Å². The molecule has 1 aliphatic rings. The summed E-state index contributed by atoms with van der Waals surface area (Å²) in [6, 6.07) is 9.01. The second-order valence-corrected chi connectivity index (χ2v) is 6.36. The zero-order valence-corrected chi connectivity index (χ0v) is 14.0. The second-order valence-electron chi connectivity index (χ2n) is 5.37. The summed E-state index contributed by atoms with van der Waals surface area (Å²) in [5.41, 5.74) is 1.03. The lowest BCUT2D eigenvalue weighted by Gasteiger charge is -2.12. The van der Waals surface area contributed by atoms with Gasteiger partial charge in [0.15, 0.2) is 0 Å². The Hall–Kier alpha value is -2.87. The van der Waals surface area contributed by atoms with E-state index >= 15 is 0 Å². The van der Waals surface area contributed by atoms with E-state index < -0.39 is 29.4 Å². The highest BCUT2D eigenvalue weighted by atomic mass is 32.2. The van der Waals surface area contributed by atoms with Crippen molar-refractivity contribution >= 4 is 40.6 Å². The van der Waals surface area contributed by atoms with Crippen LogP contribution in [0.1, 0.15) is 5.69 Å². The van der Waals surface area contributed by atoms with Crippen LogP contribution in [0, 0.1) is 5.82 Å². The van der Waals surface area contributed by atoms with Crippen molar-refractivity contribution in [3.05, 3.63) is 59.0 Å². The van der Waals surface area contributed by atoms with Crippen molar-refractivity contribution in [1.82, 2.24) is 9.47 Å². The monoisotopic (exact) mass is 359 g/mol. The SMILES string of the molecule is Cn1cccc1/C=C1/SC(=O)N(CC(=O)Nc2cccc(F)c2)C1=O. The van der Waals surface area contributed by atoms with E-state index in [1.807, 2.05) is 29.9 Å². The zero-order chi connectivity index (χ0) is 18.0. The van der Waals surface area contributed by atoms with Crippen LogP contribution in [0.5, 0.6) is 0 Å². The molecule has 8 heteroatoms. The maximum atomic E-state index is 13.1. The minimum Gasteiger partial charge on any atom is -0.351 e. The molecule has 2 heterocycles. The Morgan fingerprint density at radius 3 is 2.76 bits per heavy atom. The molecule has 2 aromatic rings. The predicted molar refractivity (Wildman–Crippen MR) is 93.1 cm³/mol. The van der Waals surface area contributed by atoms with Gasteiger partial charge in [0.1, 0.15) is 12.4 Å². The highest BCUT2D eigenvalue weighted by Crippen LogP contribution is 2.32. The van der Waals surface area contributed by atoms with Gasteiger partial charge < -0.3 is 9.88 Å². The molecular formula is C17H14FN3O3S. The number of aryl methyl sites for hydroxylation is 1. The third-order valence-corrected chi connectivity index (χ3v) is 4.45. The first-order valence-corrected chi connectivity index (χ1v) is 8.18. The van der Waals surface area contributed by atoms with Crippen LogP contribution in [0.2, 0.25) is 0 Å². The molecule has 0 saturated carbocycles. The standard InChI is InChI=1S/C17H14FN3O3S/c1-20-7-3-6-13(20)9-14-16(23)21(17(24)25-14)10-15(22)19-12-5-2-4-11(18)8-12/h2-9H,10H2,1H3,(H,19,22)/b14-9+. The number of benzene rings is 1. The minimum atomic E-state index is -0.576. The molecule has 0 bridgehead atoms. The van der Waals surface area contributed by atoms with Crippen molar-refractivity contribution in [1.29, 1.82) is 0 Å². The second kappa shape index (κ2) is 6.94. The number of imide groups is 1. The smallest absolute Gasteiger partial charge is 0.294 e. The number of anilines is 1. The van der Waals surface area contributed by atoms with Gasteiger partial charge in [0.2, 0.25) is 5.91 Å². The number of carbonyl (C=O) groups is 3. The van der Waals surface area contributed by atoms with Gasteiger partial charge in [0, 0.05) is 24.6 Å². The van der Waals surface area contributed by atoms with Crippen molar-refractivity contribution in [3.8, 4) is 0 Å². The molecule has 3 rings (SSSR count). The minimum absolute atomic E-state index is 0.255. The van der Waals surface area contributed by atoms with Crippen molar-refractivity contribution in [2.45, 2.75) is 0 Å². The van der Waals surface area contributed by atoms with Crippen molar-refractivity contribution in [3.63, 3.8) is 0 Å². The van der Waals surface area contributed by atoms with Gasteiger partial charge in [-0.05, 0) is 48.2 Å². The summed E-state index contributed by atoms with van der Waals surface area (Å²) in [4.78, 5) is 37.6. The van der Waals surface area contributed by atoms with E-state index in [4.69, 9.17) is 0 Å². The van der Waals surface area contributed by atoms with Crippen LogP contribution in [0.3, 0.4) is 0 Å². The van der Waals surface area contributed by atoms with Gasteiger partial charge in [-0.2, -0.15) is 0 Å². The lowest BCUT2D eigenvalue weighted by Crippen LogP contribution is -2.36. The van der Waals surface area contributed by atoms with Crippen LogP contribution in [-0.2, 0) is 16.6 Å². The molecule has 1 aliphatic heterocycles. The molecule has 0 unspecified atom stereocenters.